The number of aliphatic carboxylic acids is 1. The maximum Gasteiger partial charge on any atom is 0.137 e. The minimum absolute atomic E-state index is 0.0693. The molecule has 0 saturated heterocycles. The summed E-state index contributed by atoms with van der Waals surface area (Å²) in [7, 11) is 0. The Morgan fingerprint density at radius 3 is 3.00 bits per heavy atom. The van der Waals surface area contributed by atoms with Crippen molar-refractivity contribution >= 4 is 5.97 Å². The number of hydrogen-bond donors (Lipinski definition) is 0. The van der Waals surface area contributed by atoms with Gasteiger partial charge in [0.25, 0.3) is 0 Å². The smallest absolute Gasteiger partial charge is 0.137 e. The Bertz CT molecular complexity index is 220. The van der Waals surface area contributed by atoms with E-state index in [0.29, 0.717) is 13.0 Å². The molecule has 0 radical (unpaired) electrons. The Kier molecular flexibility index (Phi) is 2.59. The monoisotopic (exact) mass is 154 g/mol. The van der Waals surface area contributed by atoms with Gasteiger partial charge < -0.3 is 9.90 Å². The van der Waals surface area contributed by atoms with E-state index in [1.54, 1.807) is 11.0 Å². The lowest BCUT2D eigenvalue weighted by molar-refractivity contribution is -0.305. The Hall–Kier alpha value is -1.39. The molecule has 0 unspecified atom stereocenters. The average molecular weight is 154 g/mol. The number of aromatic nitrogens is 3. The van der Waals surface area contributed by atoms with E-state index in [4.69, 9.17) is 0 Å². The lowest BCUT2D eigenvalue weighted by Gasteiger charge is -2.00. The molecular formula is C6H8N3O2-. The molecule has 0 aliphatic carbocycles. The number of carbonyl (C=O) groups is 1. The van der Waals surface area contributed by atoms with Crippen LogP contribution in [0.3, 0.4) is 0 Å². The second-order valence-corrected chi connectivity index (χ2v) is 2.13. The number of carboxylic acids is 1. The van der Waals surface area contributed by atoms with E-state index in [2.05, 4.69) is 10.1 Å². The third-order valence-electron chi connectivity index (χ3n) is 1.23. The van der Waals surface area contributed by atoms with Gasteiger partial charge in [-0.3, -0.25) is 4.68 Å². The van der Waals surface area contributed by atoms with E-state index in [9.17, 15) is 9.90 Å². The molecule has 5 nitrogen and oxygen atoms in total. The van der Waals surface area contributed by atoms with Gasteiger partial charge in [-0.05, 0) is 12.8 Å². The zero-order valence-corrected chi connectivity index (χ0v) is 5.93. The lowest BCUT2D eigenvalue weighted by atomic mass is 10.3. The molecule has 11 heavy (non-hydrogen) atoms. The van der Waals surface area contributed by atoms with Gasteiger partial charge in [0.15, 0.2) is 0 Å². The summed E-state index contributed by atoms with van der Waals surface area (Å²) in [6, 6.07) is 0. The number of nitrogens with zero attached hydrogens (tertiary/aromatic N) is 3. The average Bonchev–Trinajstić information content (AvgIpc) is 2.39. The van der Waals surface area contributed by atoms with Crippen LogP contribution in [0.4, 0.5) is 0 Å². The minimum Gasteiger partial charge on any atom is -0.550 e. The van der Waals surface area contributed by atoms with Crippen molar-refractivity contribution in [2.75, 3.05) is 0 Å². The van der Waals surface area contributed by atoms with Gasteiger partial charge in [0.1, 0.15) is 12.7 Å². The molecule has 0 fully saturated rings. The number of aryl methyl sites for hydroxylation is 1. The fourth-order valence-corrected chi connectivity index (χ4v) is 0.734. The van der Waals surface area contributed by atoms with Crippen LogP contribution < -0.4 is 5.11 Å². The summed E-state index contributed by atoms with van der Waals surface area (Å²) in [5.41, 5.74) is 0. The molecule has 1 rings (SSSR count). The van der Waals surface area contributed by atoms with Crippen molar-refractivity contribution in [3.63, 3.8) is 0 Å². The first-order valence-electron chi connectivity index (χ1n) is 3.31. The quantitative estimate of drug-likeness (QED) is 0.546. The molecule has 0 aliphatic rings. The molecule has 0 bridgehead atoms. The van der Waals surface area contributed by atoms with Gasteiger partial charge in [-0.1, -0.05) is 0 Å². The lowest BCUT2D eigenvalue weighted by Crippen LogP contribution is -2.22. The van der Waals surface area contributed by atoms with Crippen LogP contribution in [0.5, 0.6) is 0 Å². The molecule has 0 amide bonds. The molecule has 0 aromatic carbocycles. The Morgan fingerprint density at radius 1 is 1.64 bits per heavy atom. The van der Waals surface area contributed by atoms with Crippen molar-refractivity contribution in [3.8, 4) is 0 Å². The first-order chi connectivity index (χ1) is 5.29. The van der Waals surface area contributed by atoms with Crippen molar-refractivity contribution in [3.05, 3.63) is 12.7 Å². The van der Waals surface area contributed by atoms with Crippen LogP contribution in [-0.4, -0.2) is 20.7 Å². The third kappa shape index (κ3) is 2.79. The van der Waals surface area contributed by atoms with Gasteiger partial charge in [-0.15, -0.1) is 0 Å². The van der Waals surface area contributed by atoms with Crippen molar-refractivity contribution in [1.82, 2.24) is 14.8 Å². The molecule has 0 saturated carbocycles. The summed E-state index contributed by atoms with van der Waals surface area (Å²) in [4.78, 5) is 13.7. The molecule has 5 heteroatoms. The van der Waals surface area contributed by atoms with Crippen molar-refractivity contribution in [2.45, 2.75) is 19.4 Å². The highest BCUT2D eigenvalue weighted by Crippen LogP contribution is 1.90. The van der Waals surface area contributed by atoms with E-state index >= 15 is 0 Å². The Labute approximate surface area is 63.7 Å². The fourth-order valence-electron chi connectivity index (χ4n) is 0.734. The maximum atomic E-state index is 9.97. The second-order valence-electron chi connectivity index (χ2n) is 2.13. The predicted molar refractivity (Wildman–Crippen MR) is 34.3 cm³/mol. The predicted octanol–water partition coefficient (Wildman–Crippen LogP) is -1.19. The Balaban J connectivity index is 2.19. The topological polar surface area (TPSA) is 70.8 Å². The normalized spacial score (nSPS) is 9.82. The zero-order valence-electron chi connectivity index (χ0n) is 5.93. The van der Waals surface area contributed by atoms with E-state index in [-0.39, 0.29) is 6.42 Å². The van der Waals surface area contributed by atoms with Gasteiger partial charge in [0, 0.05) is 12.5 Å². The third-order valence-corrected chi connectivity index (χ3v) is 1.23. The van der Waals surface area contributed by atoms with Crippen LogP contribution in [0.1, 0.15) is 12.8 Å². The highest BCUT2D eigenvalue weighted by Gasteiger charge is 1.90. The summed E-state index contributed by atoms with van der Waals surface area (Å²) in [5.74, 6) is -1.02. The van der Waals surface area contributed by atoms with Crippen LogP contribution >= 0.6 is 0 Å². The molecule has 0 N–H and O–H groups in total. The molecule has 1 aromatic rings. The molecule has 1 aromatic heterocycles. The molecule has 0 spiro atoms. The van der Waals surface area contributed by atoms with Crippen molar-refractivity contribution in [2.24, 2.45) is 0 Å². The summed E-state index contributed by atoms with van der Waals surface area (Å²) >= 11 is 0. The summed E-state index contributed by atoms with van der Waals surface area (Å²) in [6.45, 7) is 0.577. The zero-order chi connectivity index (χ0) is 8.10. The molecule has 0 aliphatic heterocycles. The molecule has 60 valence electrons. The van der Waals surface area contributed by atoms with Crippen molar-refractivity contribution < 1.29 is 9.90 Å². The van der Waals surface area contributed by atoms with E-state index in [1.807, 2.05) is 0 Å². The van der Waals surface area contributed by atoms with Gasteiger partial charge in [0.2, 0.25) is 0 Å². The second kappa shape index (κ2) is 3.70. The highest BCUT2D eigenvalue weighted by molar-refractivity contribution is 5.63. The van der Waals surface area contributed by atoms with E-state index in [0.717, 1.165) is 0 Å². The number of hydrogen-bond acceptors (Lipinski definition) is 4. The molecular weight excluding hydrogens is 146 g/mol. The summed E-state index contributed by atoms with van der Waals surface area (Å²) in [5, 5.41) is 13.8. The van der Waals surface area contributed by atoms with Gasteiger partial charge in [-0.25, -0.2) is 4.98 Å². The largest absolute Gasteiger partial charge is 0.550 e. The summed E-state index contributed by atoms with van der Waals surface area (Å²) < 4.78 is 1.59. The highest BCUT2D eigenvalue weighted by atomic mass is 16.4. The number of carbonyl (C=O) groups excluding carboxylic acids is 1. The fraction of sp³-hybridized carbons (Fsp3) is 0.500. The van der Waals surface area contributed by atoms with Gasteiger partial charge >= 0.3 is 0 Å². The van der Waals surface area contributed by atoms with Crippen LogP contribution in [0.2, 0.25) is 0 Å². The number of rotatable bonds is 4. The van der Waals surface area contributed by atoms with Crippen molar-refractivity contribution in [1.29, 1.82) is 0 Å². The van der Waals surface area contributed by atoms with Crippen LogP contribution in [-0.2, 0) is 11.3 Å². The molecule has 1 heterocycles. The first kappa shape index (κ1) is 7.71. The first-order valence-corrected chi connectivity index (χ1v) is 3.31. The standard InChI is InChI=1S/C6H9N3O2/c10-6(11)2-1-3-9-5-7-4-8-9/h4-5H,1-3H2,(H,10,11)/p-1. The van der Waals surface area contributed by atoms with E-state index in [1.165, 1.54) is 6.33 Å². The maximum absolute atomic E-state index is 9.97. The molecule has 0 atom stereocenters. The number of carboxylic acid groups (broad SMARTS) is 1. The van der Waals surface area contributed by atoms with Crippen LogP contribution in [0.15, 0.2) is 12.7 Å². The SMILES string of the molecule is O=C([O-])CCCn1cncn1. The van der Waals surface area contributed by atoms with Gasteiger partial charge in [0.05, 0.1) is 0 Å². The van der Waals surface area contributed by atoms with E-state index < -0.39 is 5.97 Å². The minimum atomic E-state index is -1.02. The van der Waals surface area contributed by atoms with Gasteiger partial charge in [-0.2, -0.15) is 5.10 Å². The van der Waals surface area contributed by atoms with Crippen LogP contribution in [0.25, 0.3) is 0 Å². The Morgan fingerprint density at radius 2 is 2.45 bits per heavy atom. The summed E-state index contributed by atoms with van der Waals surface area (Å²) in [6.07, 6.45) is 3.57. The van der Waals surface area contributed by atoms with Crippen LogP contribution in [0, 0.1) is 0 Å².